The minimum absolute atomic E-state index is 0.114. The van der Waals surface area contributed by atoms with Gasteiger partial charge in [0.05, 0.1) is 0 Å². The standard InChI is InChI=1S/C12H15N7O/c20-12(13-8-3-4-8)9-2-1-7-18(9)11-6-5-10-14-16-17-19(10)15-11/h5-6,8-9H,1-4,7H2,(H,13,20). The zero-order valence-corrected chi connectivity index (χ0v) is 10.9. The van der Waals surface area contributed by atoms with Gasteiger partial charge in [0, 0.05) is 12.6 Å². The third-order valence-corrected chi connectivity index (χ3v) is 3.83. The lowest BCUT2D eigenvalue weighted by atomic mass is 10.2. The monoisotopic (exact) mass is 273 g/mol. The van der Waals surface area contributed by atoms with Gasteiger partial charge >= 0.3 is 0 Å². The van der Waals surface area contributed by atoms with Crippen LogP contribution in [0.1, 0.15) is 25.7 Å². The highest BCUT2D eigenvalue weighted by Crippen LogP contribution is 2.25. The van der Waals surface area contributed by atoms with Gasteiger partial charge in [-0.05, 0) is 48.2 Å². The predicted octanol–water partition coefficient (Wildman–Crippen LogP) is -0.233. The lowest BCUT2D eigenvalue weighted by Gasteiger charge is -2.24. The molecule has 0 spiro atoms. The first-order chi connectivity index (χ1) is 9.81. The fraction of sp³-hybridized carbons (Fsp3) is 0.583. The van der Waals surface area contributed by atoms with Crippen LogP contribution in [0.2, 0.25) is 0 Å². The first kappa shape index (κ1) is 11.6. The summed E-state index contributed by atoms with van der Waals surface area (Å²) in [5.41, 5.74) is 0.604. The summed E-state index contributed by atoms with van der Waals surface area (Å²) >= 11 is 0. The lowest BCUT2D eigenvalue weighted by Crippen LogP contribution is -2.44. The smallest absolute Gasteiger partial charge is 0.242 e. The van der Waals surface area contributed by atoms with Crippen molar-refractivity contribution >= 4 is 17.4 Å². The SMILES string of the molecule is O=C(NC1CC1)C1CCCN1c1ccc2nnnn2n1. The number of aromatic nitrogens is 5. The normalized spacial score (nSPS) is 22.4. The molecule has 1 N–H and O–H groups in total. The summed E-state index contributed by atoms with van der Waals surface area (Å²) < 4.78 is 1.39. The molecule has 2 aromatic rings. The van der Waals surface area contributed by atoms with Crippen LogP contribution in [-0.4, -0.2) is 49.8 Å². The number of rotatable bonds is 3. The maximum absolute atomic E-state index is 12.3. The van der Waals surface area contributed by atoms with Crippen molar-refractivity contribution in [2.75, 3.05) is 11.4 Å². The first-order valence-corrected chi connectivity index (χ1v) is 6.94. The molecule has 8 nitrogen and oxygen atoms in total. The van der Waals surface area contributed by atoms with Crippen molar-refractivity contribution in [2.24, 2.45) is 0 Å². The number of nitrogens with one attached hydrogen (secondary N) is 1. The zero-order chi connectivity index (χ0) is 13.5. The topological polar surface area (TPSA) is 88.3 Å². The molecule has 2 fully saturated rings. The molecule has 0 aromatic carbocycles. The van der Waals surface area contributed by atoms with E-state index >= 15 is 0 Å². The van der Waals surface area contributed by atoms with Gasteiger partial charge in [0.1, 0.15) is 6.04 Å². The van der Waals surface area contributed by atoms with Crippen LogP contribution in [-0.2, 0) is 4.79 Å². The van der Waals surface area contributed by atoms with E-state index in [1.165, 1.54) is 4.63 Å². The Labute approximate surface area is 115 Å². The third-order valence-electron chi connectivity index (χ3n) is 3.83. The average Bonchev–Trinajstić information content (AvgIpc) is 2.97. The van der Waals surface area contributed by atoms with E-state index in [4.69, 9.17) is 0 Å². The summed E-state index contributed by atoms with van der Waals surface area (Å²) in [4.78, 5) is 14.3. The number of anilines is 1. The van der Waals surface area contributed by atoms with E-state index in [0.29, 0.717) is 11.7 Å². The van der Waals surface area contributed by atoms with E-state index in [2.05, 4.69) is 25.9 Å². The first-order valence-electron chi connectivity index (χ1n) is 6.94. The molecule has 1 unspecified atom stereocenters. The maximum atomic E-state index is 12.3. The van der Waals surface area contributed by atoms with Crippen LogP contribution in [0.4, 0.5) is 5.82 Å². The largest absolute Gasteiger partial charge is 0.352 e. The highest BCUT2D eigenvalue weighted by Gasteiger charge is 2.34. The fourth-order valence-electron chi connectivity index (χ4n) is 2.63. The predicted molar refractivity (Wildman–Crippen MR) is 70.1 cm³/mol. The Morgan fingerprint density at radius 3 is 3.05 bits per heavy atom. The zero-order valence-electron chi connectivity index (χ0n) is 10.9. The molecule has 0 bridgehead atoms. The Hall–Kier alpha value is -2.25. The summed E-state index contributed by atoms with van der Waals surface area (Å²) in [6, 6.07) is 3.95. The molecule has 104 valence electrons. The van der Waals surface area contributed by atoms with Crippen molar-refractivity contribution < 1.29 is 4.79 Å². The molecule has 1 aliphatic carbocycles. The van der Waals surface area contributed by atoms with Crippen LogP contribution in [0, 0.1) is 0 Å². The molecular formula is C12H15N7O. The number of fused-ring (bicyclic) bond motifs is 1. The van der Waals surface area contributed by atoms with E-state index in [9.17, 15) is 4.79 Å². The minimum atomic E-state index is -0.128. The van der Waals surface area contributed by atoms with Crippen molar-refractivity contribution in [2.45, 2.75) is 37.8 Å². The Morgan fingerprint density at radius 2 is 2.20 bits per heavy atom. The summed E-state index contributed by atoms with van der Waals surface area (Å²) in [6.07, 6.45) is 4.08. The molecule has 1 saturated heterocycles. The van der Waals surface area contributed by atoms with Crippen LogP contribution < -0.4 is 10.2 Å². The van der Waals surface area contributed by atoms with Gasteiger partial charge in [0.25, 0.3) is 0 Å². The highest BCUT2D eigenvalue weighted by molar-refractivity contribution is 5.86. The Kier molecular flexibility index (Phi) is 2.54. The Balaban J connectivity index is 1.59. The van der Waals surface area contributed by atoms with E-state index < -0.39 is 0 Å². The average molecular weight is 273 g/mol. The van der Waals surface area contributed by atoms with Gasteiger partial charge in [-0.25, -0.2) is 0 Å². The third kappa shape index (κ3) is 1.97. The number of carbonyl (C=O) groups excluding carboxylic acids is 1. The van der Waals surface area contributed by atoms with Gasteiger partial charge < -0.3 is 10.2 Å². The van der Waals surface area contributed by atoms with Gasteiger partial charge in [-0.1, -0.05) is 0 Å². The van der Waals surface area contributed by atoms with Gasteiger partial charge in [0.2, 0.25) is 5.91 Å². The number of nitrogens with zero attached hydrogens (tertiary/aromatic N) is 6. The molecule has 20 heavy (non-hydrogen) atoms. The van der Waals surface area contributed by atoms with Crippen LogP contribution in [0.25, 0.3) is 5.65 Å². The Bertz CT molecular complexity index is 650. The van der Waals surface area contributed by atoms with Crippen LogP contribution in [0.3, 0.4) is 0 Å². The molecule has 2 aromatic heterocycles. The molecule has 1 saturated carbocycles. The Morgan fingerprint density at radius 1 is 1.30 bits per heavy atom. The van der Waals surface area contributed by atoms with Crippen molar-refractivity contribution in [3.63, 3.8) is 0 Å². The second-order valence-electron chi connectivity index (χ2n) is 5.35. The number of amides is 1. The van der Waals surface area contributed by atoms with E-state index in [-0.39, 0.29) is 11.9 Å². The van der Waals surface area contributed by atoms with Gasteiger partial charge in [0.15, 0.2) is 11.5 Å². The lowest BCUT2D eigenvalue weighted by molar-refractivity contribution is -0.122. The van der Waals surface area contributed by atoms with Gasteiger partial charge in [-0.3, -0.25) is 4.79 Å². The molecule has 8 heteroatoms. The summed E-state index contributed by atoms with van der Waals surface area (Å²) in [5.74, 6) is 0.863. The molecule has 1 aliphatic heterocycles. The van der Waals surface area contributed by atoms with Crippen LogP contribution in [0.15, 0.2) is 12.1 Å². The minimum Gasteiger partial charge on any atom is -0.352 e. The van der Waals surface area contributed by atoms with Crippen molar-refractivity contribution in [1.29, 1.82) is 0 Å². The summed E-state index contributed by atoms with van der Waals surface area (Å²) in [6.45, 7) is 0.837. The van der Waals surface area contributed by atoms with E-state index in [1.807, 2.05) is 17.0 Å². The number of tetrazole rings is 1. The number of hydrogen-bond donors (Lipinski definition) is 1. The summed E-state index contributed by atoms with van der Waals surface area (Å²) in [5, 5.41) is 18.6. The van der Waals surface area contributed by atoms with Gasteiger partial charge in [-0.15, -0.1) is 14.8 Å². The van der Waals surface area contributed by atoms with Crippen molar-refractivity contribution in [3.8, 4) is 0 Å². The van der Waals surface area contributed by atoms with E-state index in [1.54, 1.807) is 0 Å². The molecule has 1 amide bonds. The second-order valence-corrected chi connectivity index (χ2v) is 5.35. The number of carbonyl (C=O) groups is 1. The molecule has 2 aliphatic rings. The molecule has 3 heterocycles. The highest BCUT2D eigenvalue weighted by atomic mass is 16.2. The van der Waals surface area contributed by atoms with Crippen molar-refractivity contribution in [1.82, 2.24) is 30.6 Å². The number of hydrogen-bond acceptors (Lipinski definition) is 6. The second kappa shape index (κ2) is 4.39. The van der Waals surface area contributed by atoms with Crippen molar-refractivity contribution in [3.05, 3.63) is 12.1 Å². The maximum Gasteiger partial charge on any atom is 0.242 e. The van der Waals surface area contributed by atoms with Crippen LogP contribution in [0.5, 0.6) is 0 Å². The van der Waals surface area contributed by atoms with E-state index in [0.717, 1.165) is 38.0 Å². The van der Waals surface area contributed by atoms with Crippen LogP contribution >= 0.6 is 0 Å². The summed E-state index contributed by atoms with van der Waals surface area (Å²) in [7, 11) is 0. The molecular weight excluding hydrogens is 258 g/mol. The van der Waals surface area contributed by atoms with Gasteiger partial charge in [-0.2, -0.15) is 0 Å². The fourth-order valence-corrected chi connectivity index (χ4v) is 2.63. The molecule has 0 radical (unpaired) electrons. The molecule has 4 rings (SSSR count). The molecule has 1 atom stereocenters. The quantitative estimate of drug-likeness (QED) is 0.831.